The van der Waals surface area contributed by atoms with Gasteiger partial charge in [-0.05, 0) is 39.0 Å². The van der Waals surface area contributed by atoms with E-state index in [0.29, 0.717) is 27.6 Å². The number of benzene rings is 2. The highest BCUT2D eigenvalue weighted by molar-refractivity contribution is 9.10. The fourth-order valence-electron chi connectivity index (χ4n) is 2.52. The van der Waals surface area contributed by atoms with E-state index in [0.717, 1.165) is 5.56 Å². The molecule has 0 aliphatic heterocycles. The third-order valence-electron chi connectivity index (χ3n) is 3.71. The molecule has 6 nitrogen and oxygen atoms in total. The second-order valence-corrected chi connectivity index (χ2v) is 6.22. The average molecular weight is 409 g/mol. The number of hydrogen-bond acceptors (Lipinski definition) is 5. The molecule has 3 N–H and O–H groups in total. The lowest BCUT2D eigenvalue weighted by atomic mass is 9.94. The Bertz CT molecular complexity index is 815. The molecule has 2 aromatic carbocycles. The summed E-state index contributed by atoms with van der Waals surface area (Å²) in [5.41, 5.74) is 2.17. The number of phenolic OH excluding ortho intramolecular Hbond substituents is 2. The van der Waals surface area contributed by atoms with Gasteiger partial charge in [0.2, 0.25) is 0 Å². The lowest BCUT2D eigenvalue weighted by Crippen LogP contribution is -2.07. The molecule has 2 rings (SSSR count). The van der Waals surface area contributed by atoms with Crippen molar-refractivity contribution in [2.45, 2.75) is 19.3 Å². The number of carboxylic acids is 1. The molecular weight excluding hydrogens is 392 g/mol. The van der Waals surface area contributed by atoms with Crippen LogP contribution in [0.3, 0.4) is 0 Å². The van der Waals surface area contributed by atoms with E-state index in [2.05, 4.69) is 20.7 Å². The third kappa shape index (κ3) is 4.51. The maximum atomic E-state index is 11.7. The predicted molar refractivity (Wildman–Crippen MR) is 94.6 cm³/mol. The van der Waals surface area contributed by atoms with Gasteiger partial charge in [-0.3, -0.25) is 9.59 Å². The molecule has 0 bridgehead atoms. The molecule has 25 heavy (non-hydrogen) atoms. The Morgan fingerprint density at radius 3 is 2.52 bits per heavy atom. The number of aliphatic carboxylic acids is 1. The molecule has 0 saturated carbocycles. The van der Waals surface area contributed by atoms with E-state index >= 15 is 0 Å². The first-order valence-corrected chi connectivity index (χ1v) is 8.24. The van der Waals surface area contributed by atoms with Crippen molar-refractivity contribution in [2.24, 2.45) is 0 Å². The highest BCUT2D eigenvalue weighted by atomic mass is 79.9. The van der Waals surface area contributed by atoms with Gasteiger partial charge in [0, 0.05) is 18.1 Å². The zero-order valence-electron chi connectivity index (χ0n) is 13.5. The van der Waals surface area contributed by atoms with Gasteiger partial charge >= 0.3 is 11.9 Å². The van der Waals surface area contributed by atoms with Crippen molar-refractivity contribution in [3.05, 3.63) is 45.9 Å². The molecule has 2 aromatic rings. The Balaban J connectivity index is 2.54. The second-order valence-electron chi connectivity index (χ2n) is 5.43. The van der Waals surface area contributed by atoms with Crippen molar-refractivity contribution in [1.82, 2.24) is 0 Å². The number of rotatable bonds is 6. The van der Waals surface area contributed by atoms with Crippen LogP contribution in [0.2, 0.25) is 0 Å². The molecule has 7 heteroatoms. The number of carboxylic acid groups (broad SMARTS) is 1. The standard InChI is InChI=1S/C18H17BrO6/c1-25-16(24)8-12-17(13(20)9-14(21)18(12)19)11-4-2-3-10(7-11)5-6-15(22)23/h2-4,7,9,20-21H,5-6,8H2,1H3,(H,22,23). The third-order valence-corrected chi connectivity index (χ3v) is 4.60. The van der Waals surface area contributed by atoms with Gasteiger partial charge < -0.3 is 20.1 Å². The molecule has 0 amide bonds. The van der Waals surface area contributed by atoms with Crippen molar-refractivity contribution in [3.8, 4) is 22.6 Å². The van der Waals surface area contributed by atoms with E-state index in [4.69, 9.17) is 5.11 Å². The van der Waals surface area contributed by atoms with E-state index in [1.807, 2.05) is 0 Å². The number of aryl methyl sites for hydroxylation is 1. The average Bonchev–Trinajstić information content (AvgIpc) is 2.57. The van der Waals surface area contributed by atoms with E-state index in [1.54, 1.807) is 24.3 Å². The van der Waals surface area contributed by atoms with Crippen LogP contribution in [0.25, 0.3) is 11.1 Å². The van der Waals surface area contributed by atoms with Gasteiger partial charge in [-0.25, -0.2) is 0 Å². The van der Waals surface area contributed by atoms with Crippen molar-refractivity contribution in [1.29, 1.82) is 0 Å². The van der Waals surface area contributed by atoms with Gasteiger partial charge in [0.25, 0.3) is 0 Å². The number of carbonyl (C=O) groups is 2. The van der Waals surface area contributed by atoms with Gasteiger partial charge in [0.1, 0.15) is 11.5 Å². The lowest BCUT2D eigenvalue weighted by molar-refractivity contribution is -0.140. The first-order valence-electron chi connectivity index (χ1n) is 7.44. The summed E-state index contributed by atoms with van der Waals surface area (Å²) in [7, 11) is 1.26. The van der Waals surface area contributed by atoms with E-state index in [1.165, 1.54) is 13.2 Å². The number of phenols is 2. The number of esters is 1. The van der Waals surface area contributed by atoms with Crippen LogP contribution in [0.1, 0.15) is 17.5 Å². The number of halogens is 1. The summed E-state index contributed by atoms with van der Waals surface area (Å²) in [5, 5.41) is 29.0. The number of hydrogen-bond donors (Lipinski definition) is 3. The minimum Gasteiger partial charge on any atom is -0.507 e. The number of carbonyl (C=O) groups excluding carboxylic acids is 1. The Morgan fingerprint density at radius 1 is 1.16 bits per heavy atom. The molecule has 0 radical (unpaired) electrons. The number of ether oxygens (including phenoxy) is 1. The first kappa shape index (κ1) is 18.8. The molecule has 0 aliphatic rings. The fraction of sp³-hybridized carbons (Fsp3) is 0.222. The quantitative estimate of drug-likeness (QED) is 0.633. The molecule has 132 valence electrons. The van der Waals surface area contributed by atoms with Crippen molar-refractivity contribution in [2.75, 3.05) is 7.11 Å². The lowest BCUT2D eigenvalue weighted by Gasteiger charge is -2.15. The van der Waals surface area contributed by atoms with Gasteiger partial charge in [0.15, 0.2) is 0 Å². The summed E-state index contributed by atoms with van der Waals surface area (Å²) >= 11 is 3.24. The zero-order chi connectivity index (χ0) is 18.6. The largest absolute Gasteiger partial charge is 0.507 e. The predicted octanol–water partition coefficient (Wildman–Crippen LogP) is 3.26. The molecule has 0 aliphatic carbocycles. The van der Waals surface area contributed by atoms with Crippen molar-refractivity contribution < 1.29 is 29.6 Å². The maximum absolute atomic E-state index is 11.7. The van der Waals surface area contributed by atoms with Crippen molar-refractivity contribution >= 4 is 27.9 Å². The summed E-state index contributed by atoms with van der Waals surface area (Å²) in [6, 6.07) is 8.21. The van der Waals surface area contributed by atoms with Crippen molar-refractivity contribution in [3.63, 3.8) is 0 Å². The minimum absolute atomic E-state index is 0.0102. The summed E-state index contributed by atoms with van der Waals surface area (Å²) in [6.45, 7) is 0. The molecule has 0 fully saturated rings. The monoisotopic (exact) mass is 408 g/mol. The van der Waals surface area contributed by atoms with Crippen LogP contribution in [-0.4, -0.2) is 34.4 Å². The number of aromatic hydroxyl groups is 2. The van der Waals surface area contributed by atoms with Crippen LogP contribution in [0.5, 0.6) is 11.5 Å². The molecule has 0 atom stereocenters. The summed E-state index contributed by atoms with van der Waals surface area (Å²) in [5.74, 6) is -1.79. The topological polar surface area (TPSA) is 104 Å². The Hall–Kier alpha value is -2.54. The highest BCUT2D eigenvalue weighted by Crippen LogP contribution is 2.42. The normalized spacial score (nSPS) is 10.5. The second kappa shape index (κ2) is 8.02. The molecule has 0 heterocycles. The van der Waals surface area contributed by atoms with Crippen LogP contribution in [0.15, 0.2) is 34.8 Å². The molecule has 0 aromatic heterocycles. The van der Waals surface area contributed by atoms with Gasteiger partial charge in [-0.2, -0.15) is 0 Å². The highest BCUT2D eigenvalue weighted by Gasteiger charge is 2.20. The van der Waals surface area contributed by atoms with E-state index < -0.39 is 11.9 Å². The summed E-state index contributed by atoms with van der Waals surface area (Å²) in [6.07, 6.45) is 0.187. The Kier molecular flexibility index (Phi) is 6.03. The van der Waals surface area contributed by atoms with Gasteiger partial charge in [-0.1, -0.05) is 24.3 Å². The summed E-state index contributed by atoms with van der Waals surface area (Å²) in [4.78, 5) is 22.5. The SMILES string of the molecule is COC(=O)Cc1c(Br)c(O)cc(O)c1-c1cccc(CCC(=O)O)c1. The minimum atomic E-state index is -0.896. The van der Waals surface area contributed by atoms with Crippen LogP contribution >= 0.6 is 15.9 Å². The number of methoxy groups -OCH3 is 1. The van der Waals surface area contributed by atoms with Crippen LogP contribution in [0.4, 0.5) is 0 Å². The molecule has 0 saturated heterocycles. The molecule has 0 spiro atoms. The maximum Gasteiger partial charge on any atom is 0.310 e. The molecular formula is C18H17BrO6. The Morgan fingerprint density at radius 2 is 1.88 bits per heavy atom. The summed E-state index contributed by atoms with van der Waals surface area (Å²) < 4.78 is 4.97. The Labute approximate surface area is 152 Å². The van der Waals surface area contributed by atoms with Gasteiger partial charge in [0.05, 0.1) is 18.0 Å². The first-order chi connectivity index (χ1) is 11.8. The molecule has 0 unspecified atom stereocenters. The van der Waals surface area contributed by atoms with E-state index in [9.17, 15) is 19.8 Å². The fourth-order valence-corrected chi connectivity index (χ4v) is 2.98. The van der Waals surface area contributed by atoms with Crippen LogP contribution in [0, 0.1) is 0 Å². The van der Waals surface area contributed by atoms with Crippen LogP contribution < -0.4 is 0 Å². The zero-order valence-corrected chi connectivity index (χ0v) is 15.0. The van der Waals surface area contributed by atoms with Crippen LogP contribution in [-0.2, 0) is 27.2 Å². The van der Waals surface area contributed by atoms with Gasteiger partial charge in [-0.15, -0.1) is 0 Å². The van der Waals surface area contributed by atoms with E-state index in [-0.39, 0.29) is 24.3 Å². The smallest absolute Gasteiger partial charge is 0.310 e.